The van der Waals surface area contributed by atoms with Gasteiger partial charge in [0.1, 0.15) is 5.75 Å². The maximum absolute atomic E-state index is 5.33. The van der Waals surface area contributed by atoms with Crippen LogP contribution in [0.2, 0.25) is 0 Å². The number of aromatic nitrogens is 1. The molecule has 4 nitrogen and oxygen atoms in total. The zero-order valence-electron chi connectivity index (χ0n) is 12.7. The molecule has 2 heterocycles. The van der Waals surface area contributed by atoms with Gasteiger partial charge in [-0.25, -0.2) is 0 Å². The van der Waals surface area contributed by atoms with E-state index >= 15 is 0 Å². The number of piperazine rings is 1. The average molecular weight is 263 g/mol. The fraction of sp³-hybridized carbons (Fsp3) is 0.667. The molecule has 1 aliphatic rings. The molecule has 1 aromatic rings. The molecule has 0 aliphatic carbocycles. The van der Waals surface area contributed by atoms with Crippen molar-refractivity contribution in [3.63, 3.8) is 0 Å². The molecule has 19 heavy (non-hydrogen) atoms. The molecule has 0 saturated carbocycles. The zero-order valence-corrected chi connectivity index (χ0v) is 12.7. The van der Waals surface area contributed by atoms with Crippen molar-refractivity contribution in [1.82, 2.24) is 15.2 Å². The van der Waals surface area contributed by atoms with Gasteiger partial charge in [0, 0.05) is 49.0 Å². The fourth-order valence-corrected chi connectivity index (χ4v) is 2.55. The van der Waals surface area contributed by atoms with Crippen molar-refractivity contribution in [3.05, 3.63) is 23.5 Å². The van der Waals surface area contributed by atoms with Crippen LogP contribution in [0.1, 0.15) is 32.2 Å². The molecular formula is C15H25N3O. The van der Waals surface area contributed by atoms with Gasteiger partial charge in [-0.2, -0.15) is 0 Å². The molecule has 0 spiro atoms. The van der Waals surface area contributed by atoms with Gasteiger partial charge < -0.3 is 10.1 Å². The summed E-state index contributed by atoms with van der Waals surface area (Å²) in [5.74, 6) is 0.892. The molecule has 1 saturated heterocycles. The van der Waals surface area contributed by atoms with E-state index in [0.29, 0.717) is 6.04 Å². The Hall–Kier alpha value is -1.13. The quantitative estimate of drug-likeness (QED) is 0.905. The molecule has 1 atom stereocenters. The number of nitrogens with one attached hydrogen (secondary N) is 1. The Morgan fingerprint density at radius 3 is 2.89 bits per heavy atom. The zero-order chi connectivity index (χ0) is 14.0. The molecule has 1 N–H and O–H groups in total. The lowest BCUT2D eigenvalue weighted by Crippen LogP contribution is -2.60. The van der Waals surface area contributed by atoms with E-state index in [0.717, 1.165) is 36.8 Å². The van der Waals surface area contributed by atoms with Gasteiger partial charge in [0.2, 0.25) is 0 Å². The second-order valence-electron chi connectivity index (χ2n) is 6.11. The molecule has 1 fully saturated rings. The van der Waals surface area contributed by atoms with E-state index in [2.05, 4.69) is 36.0 Å². The molecular weight excluding hydrogens is 238 g/mol. The van der Waals surface area contributed by atoms with E-state index in [1.54, 1.807) is 7.11 Å². The van der Waals surface area contributed by atoms with Gasteiger partial charge in [-0.1, -0.05) is 0 Å². The molecule has 0 amide bonds. The Labute approximate surface area is 116 Å². The maximum Gasteiger partial charge on any atom is 0.122 e. The number of rotatable bonds is 3. The number of ether oxygens (including phenoxy) is 1. The van der Waals surface area contributed by atoms with Crippen molar-refractivity contribution < 1.29 is 4.74 Å². The van der Waals surface area contributed by atoms with E-state index in [9.17, 15) is 0 Å². The second-order valence-corrected chi connectivity index (χ2v) is 6.11. The molecule has 106 valence electrons. The van der Waals surface area contributed by atoms with Crippen LogP contribution in [0, 0.1) is 6.92 Å². The number of nitrogens with zero attached hydrogens (tertiary/aromatic N) is 2. The molecule has 1 unspecified atom stereocenters. The Kier molecular flexibility index (Phi) is 4.11. The fourth-order valence-electron chi connectivity index (χ4n) is 2.55. The third kappa shape index (κ3) is 3.45. The first-order valence-electron chi connectivity index (χ1n) is 6.91. The predicted octanol–water partition coefficient (Wildman–Crippen LogP) is 1.97. The SMILES string of the molecule is COc1cc(C)nc(CN2CC(C)NCC2(C)C)c1. The first kappa shape index (κ1) is 14.3. The van der Waals surface area contributed by atoms with Gasteiger partial charge in [-0.05, 0) is 27.7 Å². The highest BCUT2D eigenvalue weighted by Gasteiger charge is 2.32. The molecule has 0 aromatic carbocycles. The number of hydrogen-bond acceptors (Lipinski definition) is 4. The van der Waals surface area contributed by atoms with E-state index in [-0.39, 0.29) is 5.54 Å². The van der Waals surface area contributed by atoms with Crippen LogP contribution < -0.4 is 10.1 Å². The molecule has 1 aromatic heterocycles. The summed E-state index contributed by atoms with van der Waals surface area (Å²) >= 11 is 0. The smallest absolute Gasteiger partial charge is 0.122 e. The molecule has 2 rings (SSSR count). The van der Waals surface area contributed by atoms with Crippen molar-refractivity contribution in [1.29, 1.82) is 0 Å². The van der Waals surface area contributed by atoms with Crippen LogP contribution >= 0.6 is 0 Å². The summed E-state index contributed by atoms with van der Waals surface area (Å²) in [6, 6.07) is 4.53. The second kappa shape index (κ2) is 5.47. The molecule has 4 heteroatoms. The van der Waals surface area contributed by atoms with Crippen LogP contribution in [0.4, 0.5) is 0 Å². The van der Waals surface area contributed by atoms with E-state index < -0.39 is 0 Å². The first-order chi connectivity index (χ1) is 8.90. The number of aryl methyl sites for hydroxylation is 1. The summed E-state index contributed by atoms with van der Waals surface area (Å²) in [5, 5.41) is 3.54. The Morgan fingerprint density at radius 1 is 1.47 bits per heavy atom. The van der Waals surface area contributed by atoms with Crippen LogP contribution in [0.25, 0.3) is 0 Å². The van der Waals surface area contributed by atoms with Gasteiger partial charge in [0.05, 0.1) is 12.8 Å². The number of methoxy groups -OCH3 is 1. The summed E-state index contributed by atoms with van der Waals surface area (Å²) < 4.78 is 5.33. The number of pyridine rings is 1. The Morgan fingerprint density at radius 2 is 2.21 bits per heavy atom. The highest BCUT2D eigenvalue weighted by atomic mass is 16.5. The molecule has 0 bridgehead atoms. The maximum atomic E-state index is 5.33. The monoisotopic (exact) mass is 263 g/mol. The van der Waals surface area contributed by atoms with E-state index in [1.165, 1.54) is 0 Å². The highest BCUT2D eigenvalue weighted by molar-refractivity contribution is 5.26. The van der Waals surface area contributed by atoms with Crippen LogP contribution in [0.15, 0.2) is 12.1 Å². The van der Waals surface area contributed by atoms with Crippen molar-refractivity contribution in [2.45, 2.75) is 45.8 Å². The summed E-state index contributed by atoms with van der Waals surface area (Å²) in [6.07, 6.45) is 0. The number of hydrogen-bond donors (Lipinski definition) is 1. The third-order valence-electron chi connectivity index (χ3n) is 3.80. The van der Waals surface area contributed by atoms with Gasteiger partial charge in [0.15, 0.2) is 0 Å². The lowest BCUT2D eigenvalue weighted by atomic mass is 9.97. The highest BCUT2D eigenvalue weighted by Crippen LogP contribution is 2.22. The summed E-state index contributed by atoms with van der Waals surface area (Å²) in [7, 11) is 1.70. The van der Waals surface area contributed by atoms with Gasteiger partial charge in [-0.3, -0.25) is 9.88 Å². The summed E-state index contributed by atoms with van der Waals surface area (Å²) in [4.78, 5) is 7.12. The molecule has 1 aliphatic heterocycles. The Bertz CT molecular complexity index is 445. The minimum absolute atomic E-state index is 0.158. The normalized spacial score (nSPS) is 23.3. The standard InChI is InChI=1S/C15H25N3O/c1-11-6-14(19-5)7-13(17-11)9-18-8-12(2)16-10-15(18,3)4/h6-7,12,16H,8-10H2,1-5H3. The molecule has 0 radical (unpaired) electrons. The summed E-state index contributed by atoms with van der Waals surface area (Å²) in [5.41, 5.74) is 2.25. The minimum Gasteiger partial charge on any atom is -0.497 e. The van der Waals surface area contributed by atoms with Crippen molar-refractivity contribution >= 4 is 0 Å². The van der Waals surface area contributed by atoms with Crippen LogP contribution in [0.5, 0.6) is 5.75 Å². The lowest BCUT2D eigenvalue weighted by molar-refractivity contribution is 0.0613. The third-order valence-corrected chi connectivity index (χ3v) is 3.80. The minimum atomic E-state index is 0.158. The van der Waals surface area contributed by atoms with Gasteiger partial charge >= 0.3 is 0 Å². The van der Waals surface area contributed by atoms with Crippen molar-refractivity contribution in [2.24, 2.45) is 0 Å². The van der Waals surface area contributed by atoms with E-state index in [1.807, 2.05) is 19.1 Å². The van der Waals surface area contributed by atoms with E-state index in [4.69, 9.17) is 4.74 Å². The lowest BCUT2D eigenvalue weighted by Gasteiger charge is -2.45. The van der Waals surface area contributed by atoms with Crippen LogP contribution in [0.3, 0.4) is 0 Å². The van der Waals surface area contributed by atoms with Crippen LogP contribution in [-0.2, 0) is 6.54 Å². The predicted molar refractivity (Wildman–Crippen MR) is 77.5 cm³/mol. The van der Waals surface area contributed by atoms with Crippen molar-refractivity contribution in [2.75, 3.05) is 20.2 Å². The van der Waals surface area contributed by atoms with Gasteiger partial charge in [0.25, 0.3) is 0 Å². The van der Waals surface area contributed by atoms with Crippen molar-refractivity contribution in [3.8, 4) is 5.75 Å². The largest absolute Gasteiger partial charge is 0.497 e. The van der Waals surface area contributed by atoms with Crippen LogP contribution in [-0.4, -0.2) is 41.7 Å². The average Bonchev–Trinajstić information content (AvgIpc) is 2.33. The van der Waals surface area contributed by atoms with Gasteiger partial charge in [-0.15, -0.1) is 0 Å². The topological polar surface area (TPSA) is 37.4 Å². The Balaban J connectivity index is 2.17. The first-order valence-corrected chi connectivity index (χ1v) is 6.91. The summed E-state index contributed by atoms with van der Waals surface area (Å²) in [6.45, 7) is 11.7.